The van der Waals surface area contributed by atoms with Crippen LogP contribution in [-0.4, -0.2) is 0 Å². The van der Waals surface area contributed by atoms with E-state index in [4.69, 9.17) is 0 Å². The van der Waals surface area contributed by atoms with Crippen LogP contribution in [0.2, 0.25) is 0 Å². The molecule has 98 valence electrons. The molecule has 0 N–H and O–H groups in total. The van der Waals surface area contributed by atoms with Crippen LogP contribution in [-0.2, 0) is 0 Å². The molecule has 0 heterocycles. The molecule has 0 aromatic rings. The molecule has 0 amide bonds. The molecule has 1 atom stereocenters. The zero-order valence-electron chi connectivity index (χ0n) is 11.9. The van der Waals surface area contributed by atoms with E-state index >= 15 is 0 Å². The summed E-state index contributed by atoms with van der Waals surface area (Å²) in [6, 6.07) is 0. The van der Waals surface area contributed by atoms with Gasteiger partial charge in [-0.1, -0.05) is 60.9 Å². The van der Waals surface area contributed by atoms with Crippen molar-refractivity contribution in [3.05, 3.63) is 47.1 Å². The topological polar surface area (TPSA) is 0 Å². The average molecular weight is 242 g/mol. The van der Waals surface area contributed by atoms with Crippen molar-refractivity contribution >= 4 is 0 Å². The molecular formula is C18H26. The van der Waals surface area contributed by atoms with Gasteiger partial charge in [0, 0.05) is 0 Å². The minimum Gasteiger partial charge on any atom is -0.0851 e. The molecule has 0 saturated heterocycles. The Labute approximate surface area is 112 Å². The van der Waals surface area contributed by atoms with Gasteiger partial charge in [0.15, 0.2) is 0 Å². The summed E-state index contributed by atoms with van der Waals surface area (Å²) < 4.78 is 0. The highest BCUT2D eigenvalue weighted by Gasteiger charge is 2.14. The molecule has 2 rings (SSSR count). The van der Waals surface area contributed by atoms with Gasteiger partial charge >= 0.3 is 0 Å². The molecule has 18 heavy (non-hydrogen) atoms. The first-order valence-corrected chi connectivity index (χ1v) is 7.55. The summed E-state index contributed by atoms with van der Waals surface area (Å²) in [6.07, 6.45) is 20.7. The zero-order chi connectivity index (χ0) is 12.8. The van der Waals surface area contributed by atoms with Crippen molar-refractivity contribution < 1.29 is 0 Å². The summed E-state index contributed by atoms with van der Waals surface area (Å²) in [5, 5.41) is 0. The molecule has 2 aliphatic rings. The smallest absolute Gasteiger partial charge is 0.0158 e. The Morgan fingerprint density at radius 1 is 1.00 bits per heavy atom. The summed E-state index contributed by atoms with van der Waals surface area (Å²) in [7, 11) is 0. The maximum atomic E-state index is 2.49. The average Bonchev–Trinajstić information content (AvgIpc) is 2.65. The van der Waals surface area contributed by atoms with Crippen LogP contribution in [0.25, 0.3) is 0 Å². The van der Waals surface area contributed by atoms with Gasteiger partial charge in [0.25, 0.3) is 0 Å². The van der Waals surface area contributed by atoms with Gasteiger partial charge in [-0.15, -0.1) is 0 Å². The first kappa shape index (κ1) is 13.4. The quantitative estimate of drug-likeness (QED) is 0.552. The molecule has 0 nitrogen and oxygen atoms in total. The maximum Gasteiger partial charge on any atom is -0.0158 e. The van der Waals surface area contributed by atoms with E-state index in [0.29, 0.717) is 0 Å². The van der Waals surface area contributed by atoms with Crippen molar-refractivity contribution in [3.63, 3.8) is 0 Å². The summed E-state index contributed by atoms with van der Waals surface area (Å²) in [4.78, 5) is 0. The second kappa shape index (κ2) is 6.78. The highest BCUT2D eigenvalue weighted by molar-refractivity contribution is 5.32. The van der Waals surface area contributed by atoms with Crippen LogP contribution in [0.4, 0.5) is 0 Å². The number of hydrogen-bond acceptors (Lipinski definition) is 0. The zero-order valence-corrected chi connectivity index (χ0v) is 11.9. The third-order valence-corrected chi connectivity index (χ3v) is 4.27. The van der Waals surface area contributed by atoms with Gasteiger partial charge in [-0.2, -0.15) is 0 Å². The Balaban J connectivity index is 1.88. The molecule has 0 bridgehead atoms. The monoisotopic (exact) mass is 242 g/mol. The number of hydrogen-bond donors (Lipinski definition) is 0. The maximum absolute atomic E-state index is 2.49. The van der Waals surface area contributed by atoms with Gasteiger partial charge in [-0.25, -0.2) is 0 Å². The Kier molecular flexibility index (Phi) is 5.04. The molecule has 0 aromatic heterocycles. The fourth-order valence-electron chi connectivity index (χ4n) is 2.91. The van der Waals surface area contributed by atoms with Crippen LogP contribution < -0.4 is 0 Å². The van der Waals surface area contributed by atoms with Crippen LogP contribution in [0, 0.1) is 5.92 Å². The Hall–Kier alpha value is -1.04. The summed E-state index contributed by atoms with van der Waals surface area (Å²) in [5.41, 5.74) is 4.71. The molecule has 0 radical (unpaired) electrons. The predicted molar refractivity (Wildman–Crippen MR) is 80.5 cm³/mol. The van der Waals surface area contributed by atoms with E-state index in [0.717, 1.165) is 18.8 Å². The SMILES string of the molecule is CCC1=CCC=C(CC2CC=C(CC)CC2)C=C1. The summed E-state index contributed by atoms with van der Waals surface area (Å²) >= 11 is 0. The van der Waals surface area contributed by atoms with E-state index in [9.17, 15) is 0 Å². The van der Waals surface area contributed by atoms with Crippen molar-refractivity contribution in [2.45, 2.75) is 58.8 Å². The molecular weight excluding hydrogens is 216 g/mol. The third-order valence-electron chi connectivity index (χ3n) is 4.27. The summed E-state index contributed by atoms with van der Waals surface area (Å²) in [6.45, 7) is 4.51. The summed E-state index contributed by atoms with van der Waals surface area (Å²) in [5.74, 6) is 0.874. The van der Waals surface area contributed by atoms with Gasteiger partial charge in [0.2, 0.25) is 0 Å². The van der Waals surface area contributed by atoms with Gasteiger partial charge in [0.05, 0.1) is 0 Å². The Bertz CT molecular complexity index is 390. The van der Waals surface area contributed by atoms with Crippen LogP contribution in [0.1, 0.15) is 58.8 Å². The second-order valence-corrected chi connectivity index (χ2v) is 5.54. The van der Waals surface area contributed by atoms with E-state index < -0.39 is 0 Å². The van der Waals surface area contributed by atoms with Gasteiger partial charge in [0.1, 0.15) is 0 Å². The van der Waals surface area contributed by atoms with Crippen molar-refractivity contribution in [2.24, 2.45) is 5.92 Å². The molecule has 0 aliphatic heterocycles. The van der Waals surface area contributed by atoms with Crippen molar-refractivity contribution in [2.75, 3.05) is 0 Å². The lowest BCUT2D eigenvalue weighted by Gasteiger charge is -2.21. The molecule has 0 spiro atoms. The van der Waals surface area contributed by atoms with Crippen LogP contribution >= 0.6 is 0 Å². The van der Waals surface area contributed by atoms with Crippen LogP contribution in [0.15, 0.2) is 47.1 Å². The van der Waals surface area contributed by atoms with E-state index in [-0.39, 0.29) is 0 Å². The van der Waals surface area contributed by atoms with Crippen molar-refractivity contribution in [3.8, 4) is 0 Å². The fourth-order valence-corrected chi connectivity index (χ4v) is 2.91. The number of allylic oxidation sites excluding steroid dienone is 8. The fraction of sp³-hybridized carbons (Fsp3) is 0.556. The first-order chi connectivity index (χ1) is 8.81. The molecule has 2 aliphatic carbocycles. The molecule has 1 unspecified atom stereocenters. The lowest BCUT2D eigenvalue weighted by molar-refractivity contribution is 0.464. The minimum atomic E-state index is 0.874. The lowest BCUT2D eigenvalue weighted by Crippen LogP contribution is -2.06. The highest BCUT2D eigenvalue weighted by atomic mass is 14.2. The standard InChI is InChI=1S/C18H26/c1-3-15-6-5-7-17(11-8-15)14-18-12-9-16(4-2)10-13-18/h6-9,11,18H,3-5,10,12-14H2,1-2H3. The lowest BCUT2D eigenvalue weighted by atomic mass is 9.84. The highest BCUT2D eigenvalue weighted by Crippen LogP contribution is 2.30. The molecule has 0 heteroatoms. The molecule has 0 aromatic carbocycles. The Morgan fingerprint density at radius 2 is 1.78 bits per heavy atom. The van der Waals surface area contributed by atoms with E-state index in [1.54, 1.807) is 11.1 Å². The van der Waals surface area contributed by atoms with Crippen molar-refractivity contribution in [1.82, 2.24) is 0 Å². The first-order valence-electron chi connectivity index (χ1n) is 7.55. The molecule has 0 fully saturated rings. The largest absolute Gasteiger partial charge is 0.0851 e. The van der Waals surface area contributed by atoms with E-state index in [1.807, 2.05) is 0 Å². The van der Waals surface area contributed by atoms with Crippen LogP contribution in [0.5, 0.6) is 0 Å². The normalized spacial score (nSPS) is 24.1. The van der Waals surface area contributed by atoms with E-state index in [1.165, 1.54) is 37.7 Å². The van der Waals surface area contributed by atoms with E-state index in [2.05, 4.69) is 44.2 Å². The van der Waals surface area contributed by atoms with Crippen molar-refractivity contribution in [1.29, 1.82) is 0 Å². The Morgan fingerprint density at radius 3 is 2.44 bits per heavy atom. The minimum absolute atomic E-state index is 0.874. The predicted octanol–water partition coefficient (Wildman–Crippen LogP) is 5.74. The molecule has 0 saturated carbocycles. The van der Waals surface area contributed by atoms with Gasteiger partial charge in [-0.3, -0.25) is 0 Å². The third kappa shape index (κ3) is 3.73. The van der Waals surface area contributed by atoms with Gasteiger partial charge < -0.3 is 0 Å². The van der Waals surface area contributed by atoms with Crippen LogP contribution in [0.3, 0.4) is 0 Å². The van der Waals surface area contributed by atoms with Gasteiger partial charge in [-0.05, 0) is 50.9 Å². The second-order valence-electron chi connectivity index (χ2n) is 5.54. The number of rotatable bonds is 4.